The van der Waals surface area contributed by atoms with Crippen molar-refractivity contribution in [2.45, 2.75) is 13.5 Å². The van der Waals surface area contributed by atoms with Crippen LogP contribution in [0.15, 0.2) is 60.0 Å². The zero-order chi connectivity index (χ0) is 20.2. The minimum Gasteiger partial charge on any atom is -0.487 e. The highest BCUT2D eigenvalue weighted by Gasteiger charge is 2.17. The number of para-hydroxylation sites is 1. The molecule has 2 aromatic carbocycles. The summed E-state index contributed by atoms with van der Waals surface area (Å²) in [5.74, 6) is 0.670. The van der Waals surface area contributed by atoms with Gasteiger partial charge in [0.2, 0.25) is 0 Å². The third-order valence-electron chi connectivity index (χ3n) is 4.39. The summed E-state index contributed by atoms with van der Waals surface area (Å²) in [6.45, 7) is 2.03. The molecule has 0 aliphatic rings. The zero-order valence-electron chi connectivity index (χ0n) is 15.6. The van der Waals surface area contributed by atoms with Crippen LogP contribution in [-0.2, 0) is 6.61 Å². The van der Waals surface area contributed by atoms with Gasteiger partial charge < -0.3 is 4.74 Å². The standard InChI is InChI=1S/C22H16N4O2S/c1-15-20(11-23)21(26(25-15)18-5-3-2-4-6-18)13-28-19-9-7-16(8-10-19)22-24-17(12-27)14-29-22/h2-10,12,14H,13H2,1H3. The molecule has 0 saturated carbocycles. The van der Waals surface area contributed by atoms with E-state index in [0.717, 1.165) is 22.5 Å². The van der Waals surface area contributed by atoms with Crippen molar-refractivity contribution < 1.29 is 9.53 Å². The van der Waals surface area contributed by atoms with Gasteiger partial charge in [-0.3, -0.25) is 4.79 Å². The number of carbonyl (C=O) groups excluding carboxylic acids is 1. The number of benzene rings is 2. The third-order valence-corrected chi connectivity index (χ3v) is 5.30. The summed E-state index contributed by atoms with van der Waals surface area (Å²) in [4.78, 5) is 15.1. The molecule has 0 aliphatic carbocycles. The number of nitrogens with zero attached hydrogens (tertiary/aromatic N) is 4. The summed E-state index contributed by atoms with van der Waals surface area (Å²) in [7, 11) is 0. The van der Waals surface area contributed by atoms with Gasteiger partial charge in [-0.25, -0.2) is 9.67 Å². The first-order valence-corrected chi connectivity index (χ1v) is 9.75. The lowest BCUT2D eigenvalue weighted by molar-refractivity contribution is 0.111. The molecule has 0 atom stereocenters. The molecule has 7 heteroatoms. The van der Waals surface area contributed by atoms with Gasteiger partial charge in [0, 0.05) is 10.9 Å². The Hall–Kier alpha value is -3.76. The Bertz CT molecular complexity index is 1190. The van der Waals surface area contributed by atoms with E-state index in [-0.39, 0.29) is 6.61 Å². The third kappa shape index (κ3) is 3.79. The fourth-order valence-corrected chi connectivity index (χ4v) is 3.73. The molecule has 29 heavy (non-hydrogen) atoms. The van der Waals surface area contributed by atoms with Crippen molar-refractivity contribution in [2.75, 3.05) is 0 Å². The second-order valence-electron chi connectivity index (χ2n) is 6.27. The van der Waals surface area contributed by atoms with E-state index >= 15 is 0 Å². The Labute approximate surface area is 171 Å². The van der Waals surface area contributed by atoms with Crippen LogP contribution in [0, 0.1) is 18.3 Å². The van der Waals surface area contributed by atoms with Crippen LogP contribution in [0.1, 0.15) is 27.4 Å². The second-order valence-corrected chi connectivity index (χ2v) is 7.13. The highest BCUT2D eigenvalue weighted by molar-refractivity contribution is 7.13. The van der Waals surface area contributed by atoms with Crippen molar-refractivity contribution in [1.82, 2.24) is 14.8 Å². The summed E-state index contributed by atoms with van der Waals surface area (Å²) in [5.41, 5.74) is 4.11. The summed E-state index contributed by atoms with van der Waals surface area (Å²) in [5, 5.41) is 16.6. The topological polar surface area (TPSA) is 80.8 Å². The van der Waals surface area contributed by atoms with Crippen molar-refractivity contribution >= 4 is 17.6 Å². The molecule has 0 fully saturated rings. The molecule has 0 radical (unpaired) electrons. The Balaban J connectivity index is 1.56. The number of rotatable bonds is 6. The average molecular weight is 400 g/mol. The van der Waals surface area contributed by atoms with Crippen LogP contribution >= 0.6 is 11.3 Å². The van der Waals surface area contributed by atoms with E-state index in [4.69, 9.17) is 4.74 Å². The molecule has 2 heterocycles. The highest BCUT2D eigenvalue weighted by Crippen LogP contribution is 2.26. The first kappa shape index (κ1) is 18.6. The van der Waals surface area contributed by atoms with Crippen LogP contribution in [0.2, 0.25) is 0 Å². The van der Waals surface area contributed by atoms with Gasteiger partial charge in [0.25, 0.3) is 0 Å². The number of hydrogen-bond acceptors (Lipinski definition) is 6. The van der Waals surface area contributed by atoms with Gasteiger partial charge in [0.1, 0.15) is 34.7 Å². The largest absolute Gasteiger partial charge is 0.487 e. The number of aromatic nitrogens is 3. The molecule has 142 valence electrons. The van der Waals surface area contributed by atoms with E-state index in [1.807, 2.05) is 61.5 Å². The smallest absolute Gasteiger partial charge is 0.169 e. The molecule has 0 bridgehead atoms. The summed E-state index contributed by atoms with van der Waals surface area (Å²) in [6, 6.07) is 19.4. The van der Waals surface area contributed by atoms with Crippen LogP contribution in [-0.4, -0.2) is 21.1 Å². The molecule has 0 amide bonds. The van der Waals surface area contributed by atoms with E-state index in [9.17, 15) is 10.1 Å². The molecule has 0 unspecified atom stereocenters. The van der Waals surface area contributed by atoms with Gasteiger partial charge in [-0.15, -0.1) is 11.3 Å². The number of nitriles is 1. The number of carbonyl (C=O) groups is 1. The molecule has 0 N–H and O–H groups in total. The van der Waals surface area contributed by atoms with Crippen LogP contribution in [0.3, 0.4) is 0 Å². The van der Waals surface area contributed by atoms with Gasteiger partial charge >= 0.3 is 0 Å². The van der Waals surface area contributed by atoms with Crippen molar-refractivity contribution in [3.05, 3.63) is 82.6 Å². The number of aldehydes is 1. The Morgan fingerprint density at radius 2 is 1.93 bits per heavy atom. The van der Waals surface area contributed by atoms with E-state index in [1.165, 1.54) is 11.3 Å². The number of ether oxygens (including phenoxy) is 1. The predicted octanol–water partition coefficient (Wildman–Crippen LogP) is 4.57. The lowest BCUT2D eigenvalue weighted by atomic mass is 10.2. The number of thiazole rings is 1. The molecule has 0 aliphatic heterocycles. The number of hydrogen-bond donors (Lipinski definition) is 0. The fourth-order valence-electron chi connectivity index (χ4n) is 2.95. The van der Waals surface area contributed by atoms with Crippen molar-refractivity contribution in [2.24, 2.45) is 0 Å². The van der Waals surface area contributed by atoms with Crippen LogP contribution in [0.5, 0.6) is 5.75 Å². The van der Waals surface area contributed by atoms with E-state index in [2.05, 4.69) is 16.2 Å². The molecule has 2 aromatic heterocycles. The molecule has 6 nitrogen and oxygen atoms in total. The molecule has 0 saturated heterocycles. The summed E-state index contributed by atoms with van der Waals surface area (Å²) in [6.07, 6.45) is 0.738. The monoisotopic (exact) mass is 400 g/mol. The maximum absolute atomic E-state index is 10.8. The SMILES string of the molecule is Cc1nn(-c2ccccc2)c(COc2ccc(-c3nc(C=O)cs3)cc2)c1C#N. The first-order chi connectivity index (χ1) is 14.2. The van der Waals surface area contributed by atoms with Crippen molar-refractivity contribution in [3.8, 4) is 28.1 Å². The minimum atomic E-state index is 0.213. The predicted molar refractivity (Wildman–Crippen MR) is 110 cm³/mol. The summed E-state index contributed by atoms with van der Waals surface area (Å²) < 4.78 is 7.69. The minimum absolute atomic E-state index is 0.213. The van der Waals surface area contributed by atoms with Crippen LogP contribution in [0.4, 0.5) is 0 Å². The maximum atomic E-state index is 10.8. The van der Waals surface area contributed by atoms with Gasteiger partial charge in [-0.2, -0.15) is 10.4 Å². The van der Waals surface area contributed by atoms with Crippen molar-refractivity contribution in [3.63, 3.8) is 0 Å². The lowest BCUT2D eigenvalue weighted by Crippen LogP contribution is -2.07. The van der Waals surface area contributed by atoms with Crippen LogP contribution < -0.4 is 4.74 Å². The normalized spacial score (nSPS) is 10.5. The highest BCUT2D eigenvalue weighted by atomic mass is 32.1. The Morgan fingerprint density at radius 1 is 1.17 bits per heavy atom. The molecule has 0 spiro atoms. The van der Waals surface area contributed by atoms with Gasteiger partial charge in [-0.05, 0) is 43.3 Å². The maximum Gasteiger partial charge on any atom is 0.169 e. The Morgan fingerprint density at radius 3 is 2.59 bits per heavy atom. The Kier molecular flexibility index (Phi) is 5.18. The van der Waals surface area contributed by atoms with E-state index in [0.29, 0.717) is 28.4 Å². The molecular weight excluding hydrogens is 384 g/mol. The first-order valence-electron chi connectivity index (χ1n) is 8.87. The average Bonchev–Trinajstić information content (AvgIpc) is 3.37. The molecular formula is C22H16N4O2S. The van der Waals surface area contributed by atoms with Crippen molar-refractivity contribution in [1.29, 1.82) is 5.26 Å². The quantitative estimate of drug-likeness (QED) is 0.443. The number of aryl methyl sites for hydroxylation is 1. The summed E-state index contributed by atoms with van der Waals surface area (Å²) >= 11 is 1.42. The van der Waals surface area contributed by atoms with Gasteiger partial charge in [0.15, 0.2) is 6.29 Å². The van der Waals surface area contributed by atoms with Crippen LogP contribution in [0.25, 0.3) is 16.3 Å². The second kappa shape index (κ2) is 8.09. The van der Waals surface area contributed by atoms with E-state index in [1.54, 1.807) is 10.1 Å². The molecule has 4 rings (SSSR count). The van der Waals surface area contributed by atoms with E-state index < -0.39 is 0 Å². The van der Waals surface area contributed by atoms with Gasteiger partial charge in [-0.1, -0.05) is 18.2 Å². The lowest BCUT2D eigenvalue weighted by Gasteiger charge is -2.10. The van der Waals surface area contributed by atoms with Gasteiger partial charge in [0.05, 0.1) is 17.1 Å². The molecule has 4 aromatic rings. The fraction of sp³-hybridized carbons (Fsp3) is 0.0909. The zero-order valence-corrected chi connectivity index (χ0v) is 16.4.